The highest BCUT2D eigenvalue weighted by Gasteiger charge is 2.09. The normalized spacial score (nSPS) is 10.9. The van der Waals surface area contributed by atoms with Crippen LogP contribution in [0.2, 0.25) is 0 Å². The van der Waals surface area contributed by atoms with E-state index in [0.717, 1.165) is 22.3 Å². The number of aryl methyl sites for hydroxylation is 2. The molecule has 0 saturated carbocycles. The van der Waals surface area contributed by atoms with Gasteiger partial charge in [-0.05, 0) is 42.7 Å². The van der Waals surface area contributed by atoms with Crippen LogP contribution in [0.25, 0.3) is 6.08 Å². The molecule has 110 valence electrons. The van der Waals surface area contributed by atoms with E-state index in [4.69, 9.17) is 0 Å². The van der Waals surface area contributed by atoms with Crippen molar-refractivity contribution in [3.05, 3.63) is 70.6 Å². The predicted octanol–water partition coefficient (Wildman–Crippen LogP) is 2.92. The molecule has 1 heterocycles. The fourth-order valence-corrected chi connectivity index (χ4v) is 2.07. The highest BCUT2D eigenvalue weighted by Crippen LogP contribution is 2.14. The molecule has 0 bridgehead atoms. The third kappa shape index (κ3) is 4.03. The smallest absolute Gasteiger partial charge is 0.262 e. The van der Waals surface area contributed by atoms with Crippen molar-refractivity contribution in [3.8, 4) is 6.07 Å². The van der Waals surface area contributed by atoms with Crippen molar-refractivity contribution in [1.82, 2.24) is 10.3 Å². The van der Waals surface area contributed by atoms with Gasteiger partial charge in [0.15, 0.2) is 0 Å². The third-order valence-electron chi connectivity index (χ3n) is 3.27. The van der Waals surface area contributed by atoms with Gasteiger partial charge in [-0.15, -0.1) is 0 Å². The Balaban J connectivity index is 2.12. The summed E-state index contributed by atoms with van der Waals surface area (Å²) in [5, 5.41) is 11.9. The van der Waals surface area contributed by atoms with Gasteiger partial charge in [-0.25, -0.2) is 0 Å². The zero-order valence-electron chi connectivity index (χ0n) is 12.6. The lowest BCUT2D eigenvalue weighted by molar-refractivity contribution is -0.117. The summed E-state index contributed by atoms with van der Waals surface area (Å²) in [7, 11) is 0. The lowest BCUT2D eigenvalue weighted by Crippen LogP contribution is -2.24. The first-order chi connectivity index (χ1) is 10.6. The topological polar surface area (TPSA) is 65.8 Å². The number of aromatic nitrogens is 1. The number of pyridine rings is 1. The minimum atomic E-state index is -0.383. The summed E-state index contributed by atoms with van der Waals surface area (Å²) in [5.41, 5.74) is 4.04. The van der Waals surface area contributed by atoms with Crippen LogP contribution in [0, 0.1) is 25.2 Å². The molecule has 0 saturated heterocycles. The molecular formula is C18H17N3O. The van der Waals surface area contributed by atoms with Crippen LogP contribution in [0.15, 0.2) is 48.3 Å². The van der Waals surface area contributed by atoms with Crippen LogP contribution < -0.4 is 5.32 Å². The van der Waals surface area contributed by atoms with Crippen LogP contribution in [0.4, 0.5) is 0 Å². The summed E-state index contributed by atoms with van der Waals surface area (Å²) in [6.07, 6.45) is 4.97. The van der Waals surface area contributed by atoms with Crippen molar-refractivity contribution in [2.24, 2.45) is 0 Å². The Kier molecular flexibility index (Phi) is 5.05. The second-order valence-electron chi connectivity index (χ2n) is 5.07. The minimum absolute atomic E-state index is 0.0934. The highest BCUT2D eigenvalue weighted by molar-refractivity contribution is 6.01. The summed E-state index contributed by atoms with van der Waals surface area (Å²) >= 11 is 0. The zero-order chi connectivity index (χ0) is 15.9. The number of amides is 1. The maximum absolute atomic E-state index is 12.1. The van der Waals surface area contributed by atoms with E-state index in [1.54, 1.807) is 24.5 Å². The van der Waals surface area contributed by atoms with Gasteiger partial charge in [0.1, 0.15) is 11.6 Å². The number of benzene rings is 1. The standard InChI is InChI=1S/C18H17N3O/c1-13-5-6-16(14(2)8-13)9-17(10-19)18(22)21-12-15-4-3-7-20-11-15/h3-9,11H,12H2,1-2H3,(H,21,22)/b17-9+. The molecule has 0 aliphatic heterocycles. The number of hydrogen-bond donors (Lipinski definition) is 1. The molecule has 4 heteroatoms. The molecule has 0 fully saturated rings. The summed E-state index contributed by atoms with van der Waals surface area (Å²) in [6, 6.07) is 11.5. The van der Waals surface area contributed by atoms with Gasteiger partial charge in [0.25, 0.3) is 5.91 Å². The van der Waals surface area contributed by atoms with E-state index in [9.17, 15) is 10.1 Å². The van der Waals surface area contributed by atoms with Gasteiger partial charge in [0.05, 0.1) is 0 Å². The second-order valence-corrected chi connectivity index (χ2v) is 5.07. The molecular weight excluding hydrogens is 274 g/mol. The molecule has 2 aromatic rings. The van der Waals surface area contributed by atoms with E-state index in [1.165, 1.54) is 0 Å². The van der Waals surface area contributed by atoms with Crippen molar-refractivity contribution in [2.75, 3.05) is 0 Å². The average molecular weight is 291 g/mol. The van der Waals surface area contributed by atoms with Crippen LogP contribution in [0.5, 0.6) is 0 Å². The maximum Gasteiger partial charge on any atom is 0.262 e. The molecule has 0 radical (unpaired) electrons. The molecule has 1 aromatic heterocycles. The van der Waals surface area contributed by atoms with E-state index >= 15 is 0 Å². The van der Waals surface area contributed by atoms with Crippen LogP contribution >= 0.6 is 0 Å². The predicted molar refractivity (Wildman–Crippen MR) is 85.6 cm³/mol. The molecule has 0 aliphatic carbocycles. The number of nitrogens with zero attached hydrogens (tertiary/aromatic N) is 2. The Hall–Kier alpha value is -2.93. The second kappa shape index (κ2) is 7.19. The monoisotopic (exact) mass is 291 g/mol. The molecule has 0 spiro atoms. The molecule has 1 aromatic carbocycles. The minimum Gasteiger partial charge on any atom is -0.347 e. The number of nitriles is 1. The molecule has 1 amide bonds. The van der Waals surface area contributed by atoms with Gasteiger partial charge in [-0.3, -0.25) is 9.78 Å². The van der Waals surface area contributed by atoms with E-state index in [-0.39, 0.29) is 11.5 Å². The number of carbonyl (C=O) groups excluding carboxylic acids is 1. The summed E-state index contributed by atoms with van der Waals surface area (Å²) in [4.78, 5) is 16.1. The van der Waals surface area contributed by atoms with E-state index < -0.39 is 0 Å². The Morgan fingerprint density at radius 1 is 1.36 bits per heavy atom. The van der Waals surface area contributed by atoms with Gasteiger partial charge in [-0.2, -0.15) is 5.26 Å². The molecule has 2 rings (SSSR count). The average Bonchev–Trinajstić information content (AvgIpc) is 2.53. The Bertz CT molecular complexity index is 743. The van der Waals surface area contributed by atoms with Crippen molar-refractivity contribution in [3.63, 3.8) is 0 Å². The first kappa shape index (κ1) is 15.5. The van der Waals surface area contributed by atoms with Crippen molar-refractivity contribution >= 4 is 12.0 Å². The number of nitrogens with one attached hydrogen (secondary N) is 1. The van der Waals surface area contributed by atoms with Crippen molar-refractivity contribution < 1.29 is 4.79 Å². The quantitative estimate of drug-likeness (QED) is 0.695. The number of rotatable bonds is 4. The van der Waals surface area contributed by atoms with Crippen LogP contribution in [-0.2, 0) is 11.3 Å². The highest BCUT2D eigenvalue weighted by atomic mass is 16.1. The van der Waals surface area contributed by atoms with E-state index in [0.29, 0.717) is 6.54 Å². The maximum atomic E-state index is 12.1. The van der Waals surface area contributed by atoms with Crippen molar-refractivity contribution in [1.29, 1.82) is 5.26 Å². The van der Waals surface area contributed by atoms with Crippen molar-refractivity contribution in [2.45, 2.75) is 20.4 Å². The molecule has 1 N–H and O–H groups in total. The van der Waals surface area contributed by atoms with Gasteiger partial charge < -0.3 is 5.32 Å². The van der Waals surface area contributed by atoms with Crippen LogP contribution in [0.3, 0.4) is 0 Å². The SMILES string of the molecule is Cc1ccc(/C=C(\C#N)C(=O)NCc2cccnc2)c(C)c1. The summed E-state index contributed by atoms with van der Waals surface area (Å²) in [6.45, 7) is 4.31. The van der Waals surface area contributed by atoms with Crippen LogP contribution in [-0.4, -0.2) is 10.9 Å². The molecule has 0 aliphatic rings. The third-order valence-corrected chi connectivity index (χ3v) is 3.27. The summed E-state index contributed by atoms with van der Waals surface area (Å²) in [5.74, 6) is -0.383. The van der Waals surface area contributed by atoms with Gasteiger partial charge in [0, 0.05) is 18.9 Å². The number of carbonyl (C=O) groups is 1. The zero-order valence-corrected chi connectivity index (χ0v) is 12.6. The first-order valence-electron chi connectivity index (χ1n) is 6.96. The first-order valence-corrected chi connectivity index (χ1v) is 6.96. The fraction of sp³-hybridized carbons (Fsp3) is 0.167. The summed E-state index contributed by atoms with van der Waals surface area (Å²) < 4.78 is 0. The largest absolute Gasteiger partial charge is 0.347 e. The van der Waals surface area contributed by atoms with Gasteiger partial charge >= 0.3 is 0 Å². The molecule has 0 unspecified atom stereocenters. The number of hydrogen-bond acceptors (Lipinski definition) is 3. The lowest BCUT2D eigenvalue weighted by atomic mass is 10.0. The lowest BCUT2D eigenvalue weighted by Gasteiger charge is -2.05. The van der Waals surface area contributed by atoms with E-state index in [2.05, 4.69) is 10.3 Å². The molecule has 22 heavy (non-hydrogen) atoms. The fourth-order valence-electron chi connectivity index (χ4n) is 2.07. The Labute approximate surface area is 130 Å². The Morgan fingerprint density at radius 3 is 2.82 bits per heavy atom. The van der Waals surface area contributed by atoms with Crippen LogP contribution in [0.1, 0.15) is 22.3 Å². The Morgan fingerprint density at radius 2 is 2.18 bits per heavy atom. The van der Waals surface area contributed by atoms with Gasteiger partial charge in [0.2, 0.25) is 0 Å². The molecule has 0 atom stereocenters. The van der Waals surface area contributed by atoms with E-state index in [1.807, 2.05) is 44.2 Å². The molecule has 4 nitrogen and oxygen atoms in total. The van der Waals surface area contributed by atoms with Gasteiger partial charge in [-0.1, -0.05) is 29.8 Å².